The van der Waals surface area contributed by atoms with E-state index in [4.69, 9.17) is 13.8 Å². The Morgan fingerprint density at radius 1 is 0.667 bits per heavy atom. The molecular weight excluding hydrogens is 501 g/mol. The van der Waals surface area contributed by atoms with Gasteiger partial charge in [-0.2, -0.15) is 12.6 Å². The van der Waals surface area contributed by atoms with Crippen LogP contribution in [0.15, 0.2) is 0 Å². The minimum absolute atomic E-state index is 0.124. The zero-order valence-corrected chi connectivity index (χ0v) is 25.3. The maximum atomic E-state index is 12.6. The lowest BCUT2D eigenvalue weighted by Gasteiger charge is -2.24. The smallest absolute Gasteiger partial charge is 0.381 e. The number of nitrogens with zero attached hydrogens (tertiary/aromatic N) is 1. The van der Waals surface area contributed by atoms with Gasteiger partial charge in [0, 0.05) is 20.1 Å². The van der Waals surface area contributed by atoms with Gasteiger partial charge in [0.1, 0.15) is 13.2 Å². The second kappa shape index (κ2) is 23.9. The van der Waals surface area contributed by atoms with Gasteiger partial charge in [-0.05, 0) is 25.0 Å². The quantitative estimate of drug-likeness (QED) is 0.0288. The zero-order chi connectivity index (χ0) is 27.0. The van der Waals surface area contributed by atoms with E-state index in [1.165, 1.54) is 83.5 Å². The van der Waals surface area contributed by atoms with Crippen molar-refractivity contribution < 1.29 is 37.2 Å². The van der Waals surface area contributed by atoms with E-state index < -0.39 is 13.8 Å². The molecule has 0 fully saturated rings. The van der Waals surface area contributed by atoms with Gasteiger partial charge in [0.15, 0.2) is 0 Å². The number of ether oxygens (including phenoxy) is 1. The van der Waals surface area contributed by atoms with Crippen LogP contribution in [0.2, 0.25) is 0 Å². The molecule has 216 valence electrons. The molecule has 10 heteroatoms. The summed E-state index contributed by atoms with van der Waals surface area (Å²) >= 11 is 4.25. The average Bonchev–Trinajstić information content (AvgIpc) is 2.81. The number of quaternary nitrogens is 1. The fourth-order valence-electron chi connectivity index (χ4n) is 3.48. The number of thiol groups is 1. The Morgan fingerprint density at radius 3 is 1.58 bits per heavy atom. The molecule has 0 rings (SSSR count). The molecule has 0 aromatic heterocycles. The number of carbonyl (C=O) groups excluding carboxylic acids is 1. The molecule has 0 radical (unpaired) electrons. The summed E-state index contributed by atoms with van der Waals surface area (Å²) < 4.78 is 34.1. The van der Waals surface area contributed by atoms with Crippen molar-refractivity contribution in [2.45, 2.75) is 103 Å². The van der Waals surface area contributed by atoms with E-state index in [1.54, 1.807) is 0 Å². The summed E-state index contributed by atoms with van der Waals surface area (Å²) in [5.41, 5.74) is 0. The fourth-order valence-corrected chi connectivity index (χ4v) is 4.72. The first kappa shape index (κ1) is 35.9. The molecule has 0 aliphatic heterocycles. The van der Waals surface area contributed by atoms with E-state index in [0.29, 0.717) is 24.1 Å². The van der Waals surface area contributed by atoms with Crippen molar-refractivity contribution in [3.63, 3.8) is 0 Å². The van der Waals surface area contributed by atoms with Gasteiger partial charge in [0.2, 0.25) is 0 Å². The first-order valence-electron chi connectivity index (χ1n) is 13.9. The largest absolute Gasteiger partial charge is 0.511 e. The van der Waals surface area contributed by atoms with E-state index in [9.17, 15) is 9.36 Å². The number of hydrogen-bond acceptors (Lipinski definition) is 8. The molecule has 0 aromatic rings. The summed E-state index contributed by atoms with van der Waals surface area (Å²) in [6.07, 6.45) is 19.0. The third-order valence-corrected chi connectivity index (χ3v) is 7.21. The topological polar surface area (TPSA) is 80.3 Å². The highest BCUT2D eigenvalue weighted by atomic mass is 32.1. The molecule has 36 heavy (non-hydrogen) atoms. The lowest BCUT2D eigenvalue weighted by molar-refractivity contribution is -0.870. The van der Waals surface area contributed by atoms with Crippen LogP contribution in [0.3, 0.4) is 0 Å². The molecule has 0 saturated heterocycles. The average molecular weight is 557 g/mol. The zero-order valence-electron chi connectivity index (χ0n) is 23.5. The first-order valence-corrected chi connectivity index (χ1v) is 16.0. The Morgan fingerprint density at radius 2 is 1.11 bits per heavy atom. The molecule has 0 aliphatic carbocycles. The molecule has 0 heterocycles. The monoisotopic (exact) mass is 556 g/mol. The molecular formula is C26H55NO7PS+. The SMILES string of the molecule is CC(=O)OOP(=O)(OCCCOCCCCCCCCCCCCCCCCS)OCC[N+](C)(C)C. The molecule has 1 atom stereocenters. The van der Waals surface area contributed by atoms with Crippen LogP contribution in [0, 0.1) is 0 Å². The molecule has 0 amide bonds. The number of carbonyl (C=O) groups is 1. The van der Waals surface area contributed by atoms with E-state index in [2.05, 4.69) is 22.2 Å². The van der Waals surface area contributed by atoms with Crippen molar-refractivity contribution in [2.24, 2.45) is 0 Å². The van der Waals surface area contributed by atoms with Gasteiger partial charge in [-0.3, -0.25) is 13.9 Å². The molecule has 1 unspecified atom stereocenters. The number of rotatable bonds is 27. The van der Waals surface area contributed by atoms with Gasteiger partial charge >= 0.3 is 13.8 Å². The van der Waals surface area contributed by atoms with Crippen LogP contribution >= 0.6 is 20.5 Å². The van der Waals surface area contributed by atoms with Crippen molar-refractivity contribution in [2.75, 3.05) is 59.9 Å². The third-order valence-electron chi connectivity index (χ3n) is 5.64. The molecule has 0 aliphatic rings. The number of likely N-dealkylation sites (N-methyl/N-ethyl adjacent to an activating group) is 1. The van der Waals surface area contributed by atoms with Crippen LogP contribution in [0.1, 0.15) is 103 Å². The molecule has 0 N–H and O–H groups in total. The minimum Gasteiger partial charge on any atom is -0.381 e. The maximum Gasteiger partial charge on any atom is 0.511 e. The highest BCUT2D eigenvalue weighted by molar-refractivity contribution is 7.80. The van der Waals surface area contributed by atoms with Crippen LogP contribution in [0.4, 0.5) is 0 Å². The second-order valence-corrected chi connectivity index (χ2v) is 12.4. The van der Waals surface area contributed by atoms with Gasteiger partial charge in [-0.1, -0.05) is 81.7 Å². The summed E-state index contributed by atoms with van der Waals surface area (Å²) in [5.74, 6) is 0.304. The first-order chi connectivity index (χ1) is 17.2. The summed E-state index contributed by atoms with van der Waals surface area (Å²) in [6, 6.07) is 0. The van der Waals surface area contributed by atoms with Crippen LogP contribution in [0.25, 0.3) is 0 Å². The predicted molar refractivity (Wildman–Crippen MR) is 149 cm³/mol. The number of phosphoric ester groups is 1. The Hall–Kier alpha value is -0.150. The molecule has 0 bridgehead atoms. The van der Waals surface area contributed by atoms with Gasteiger partial charge in [-0.25, -0.2) is 9.36 Å². The van der Waals surface area contributed by atoms with Crippen molar-refractivity contribution in [1.82, 2.24) is 0 Å². The van der Waals surface area contributed by atoms with Crippen LogP contribution in [-0.4, -0.2) is 70.3 Å². The molecule has 0 aromatic carbocycles. The molecule has 0 spiro atoms. The number of unbranched alkanes of at least 4 members (excludes halogenated alkanes) is 13. The third kappa shape index (κ3) is 26.9. The van der Waals surface area contributed by atoms with Gasteiger partial charge in [-0.15, -0.1) is 0 Å². The summed E-state index contributed by atoms with van der Waals surface area (Å²) in [5, 5.41) is 0. The number of hydrogen-bond donors (Lipinski definition) is 1. The van der Waals surface area contributed by atoms with Gasteiger partial charge < -0.3 is 9.22 Å². The Balaban J connectivity index is 3.58. The summed E-state index contributed by atoms with van der Waals surface area (Å²) in [7, 11) is 1.98. The van der Waals surface area contributed by atoms with E-state index >= 15 is 0 Å². The van der Waals surface area contributed by atoms with Crippen molar-refractivity contribution >= 4 is 26.4 Å². The molecule has 0 saturated carbocycles. The highest BCUT2D eigenvalue weighted by Gasteiger charge is 2.30. The Labute approximate surface area is 226 Å². The molecule has 8 nitrogen and oxygen atoms in total. The standard InChI is InChI=1S/C26H54NO7PS/c1-26(28)33-34-35(29,32-24-20-27(2,3)4)31-23-19-22-30-21-17-15-13-11-9-7-5-6-8-10-12-14-16-18-25-36/h5-25H2,1-4H3/p+1. The van der Waals surface area contributed by atoms with Crippen molar-refractivity contribution in [3.8, 4) is 0 Å². The lowest BCUT2D eigenvalue weighted by atomic mass is 10.0. The highest BCUT2D eigenvalue weighted by Crippen LogP contribution is 2.49. The van der Waals surface area contributed by atoms with Gasteiger partial charge in [0.05, 0.1) is 27.7 Å². The number of phosphoric acid groups is 1. The summed E-state index contributed by atoms with van der Waals surface area (Å²) in [6.45, 7) is 3.24. The predicted octanol–water partition coefficient (Wildman–Crippen LogP) is 7.13. The van der Waals surface area contributed by atoms with E-state index in [1.807, 2.05) is 21.1 Å². The van der Waals surface area contributed by atoms with Crippen molar-refractivity contribution in [1.29, 1.82) is 0 Å². The minimum atomic E-state index is -3.96. The maximum absolute atomic E-state index is 12.6. The summed E-state index contributed by atoms with van der Waals surface area (Å²) in [4.78, 5) is 15.4. The van der Waals surface area contributed by atoms with E-state index in [-0.39, 0.29) is 13.2 Å². The van der Waals surface area contributed by atoms with Crippen molar-refractivity contribution in [3.05, 3.63) is 0 Å². The van der Waals surface area contributed by atoms with Crippen LogP contribution in [0.5, 0.6) is 0 Å². The lowest BCUT2D eigenvalue weighted by Crippen LogP contribution is -2.37. The Bertz CT molecular complexity index is 561. The van der Waals surface area contributed by atoms with Gasteiger partial charge in [0.25, 0.3) is 0 Å². The fraction of sp³-hybridized carbons (Fsp3) is 0.962. The van der Waals surface area contributed by atoms with Crippen LogP contribution < -0.4 is 0 Å². The normalized spacial score (nSPS) is 13.6. The van der Waals surface area contributed by atoms with Crippen LogP contribution in [-0.2, 0) is 32.7 Å². The van der Waals surface area contributed by atoms with E-state index in [0.717, 1.165) is 25.7 Å². The Kier molecular flexibility index (Phi) is 23.8. The second-order valence-electron chi connectivity index (χ2n) is 10.4.